The molecular formula is C10H10N4O2. The van der Waals surface area contributed by atoms with Gasteiger partial charge in [-0.05, 0) is 19.1 Å². The minimum Gasteiger partial charge on any atom is -0.396 e. The number of hydrogen-bond donors (Lipinski definition) is 2. The van der Waals surface area contributed by atoms with E-state index < -0.39 is 5.91 Å². The molecule has 2 aromatic rings. The Labute approximate surface area is 91.5 Å². The fraction of sp³-hybridized carbons (Fsp3) is 0.100. The molecule has 0 aliphatic heterocycles. The molecule has 82 valence electrons. The van der Waals surface area contributed by atoms with Gasteiger partial charge >= 0.3 is 0 Å². The maximum absolute atomic E-state index is 11.6. The van der Waals surface area contributed by atoms with Gasteiger partial charge < -0.3 is 15.6 Å². The first kappa shape index (κ1) is 10.2. The highest BCUT2D eigenvalue weighted by Crippen LogP contribution is 2.14. The van der Waals surface area contributed by atoms with Crippen LogP contribution in [0.1, 0.15) is 16.2 Å². The maximum atomic E-state index is 11.6. The number of nitrogen functional groups attached to an aromatic ring is 1. The van der Waals surface area contributed by atoms with Gasteiger partial charge in [-0.3, -0.25) is 4.79 Å². The number of rotatable bonds is 2. The number of carbonyl (C=O) groups excluding carboxylic acids is 1. The highest BCUT2D eigenvalue weighted by atomic mass is 16.5. The molecule has 2 heterocycles. The van der Waals surface area contributed by atoms with Crippen LogP contribution in [-0.2, 0) is 0 Å². The Balaban J connectivity index is 2.17. The van der Waals surface area contributed by atoms with Crippen LogP contribution in [0.2, 0.25) is 0 Å². The lowest BCUT2D eigenvalue weighted by atomic mass is 10.3. The van der Waals surface area contributed by atoms with Crippen LogP contribution in [0, 0.1) is 6.92 Å². The van der Waals surface area contributed by atoms with Crippen molar-refractivity contribution in [2.24, 2.45) is 0 Å². The summed E-state index contributed by atoms with van der Waals surface area (Å²) in [5.74, 6) is 0.00936. The summed E-state index contributed by atoms with van der Waals surface area (Å²) < 4.78 is 4.81. The molecule has 3 N–H and O–H groups in total. The third-order valence-corrected chi connectivity index (χ3v) is 1.92. The molecule has 0 saturated carbocycles. The Hall–Kier alpha value is -2.37. The molecule has 1 amide bonds. The number of carbonyl (C=O) groups is 1. The SMILES string of the molecule is Cc1cc(C(=O)Nc2ncccc2N)on1. The Morgan fingerprint density at radius 3 is 3.00 bits per heavy atom. The second kappa shape index (κ2) is 4.01. The fourth-order valence-electron chi connectivity index (χ4n) is 1.16. The number of nitrogens with one attached hydrogen (secondary N) is 1. The molecule has 2 rings (SSSR count). The average Bonchev–Trinajstić information content (AvgIpc) is 2.68. The van der Waals surface area contributed by atoms with Crippen LogP contribution in [0.15, 0.2) is 28.9 Å². The van der Waals surface area contributed by atoms with Gasteiger partial charge in [-0.15, -0.1) is 0 Å². The number of amides is 1. The molecule has 0 aliphatic carbocycles. The lowest BCUT2D eigenvalue weighted by Crippen LogP contribution is -2.13. The van der Waals surface area contributed by atoms with E-state index >= 15 is 0 Å². The summed E-state index contributed by atoms with van der Waals surface area (Å²) in [6.45, 7) is 1.73. The summed E-state index contributed by atoms with van der Waals surface area (Å²) in [6, 6.07) is 4.87. The summed E-state index contributed by atoms with van der Waals surface area (Å²) in [4.78, 5) is 15.6. The minimum absolute atomic E-state index is 0.127. The van der Waals surface area contributed by atoms with Gasteiger partial charge in [0, 0.05) is 12.3 Å². The minimum atomic E-state index is -0.425. The zero-order valence-corrected chi connectivity index (χ0v) is 8.60. The Morgan fingerprint density at radius 1 is 1.56 bits per heavy atom. The molecule has 0 unspecified atom stereocenters. The Kier molecular flexibility index (Phi) is 2.55. The van der Waals surface area contributed by atoms with Crippen molar-refractivity contribution in [3.63, 3.8) is 0 Å². The van der Waals surface area contributed by atoms with Crippen LogP contribution in [0.3, 0.4) is 0 Å². The van der Waals surface area contributed by atoms with Crippen LogP contribution < -0.4 is 11.1 Å². The molecule has 16 heavy (non-hydrogen) atoms. The largest absolute Gasteiger partial charge is 0.396 e. The van der Waals surface area contributed by atoms with E-state index in [9.17, 15) is 4.79 Å². The van der Waals surface area contributed by atoms with Gasteiger partial charge in [0.1, 0.15) is 0 Å². The third kappa shape index (κ3) is 2.00. The summed E-state index contributed by atoms with van der Waals surface area (Å²) in [5, 5.41) is 6.15. The zero-order chi connectivity index (χ0) is 11.5. The quantitative estimate of drug-likeness (QED) is 0.790. The van der Waals surface area contributed by atoms with E-state index in [1.165, 1.54) is 12.3 Å². The van der Waals surface area contributed by atoms with Crippen LogP contribution in [0.4, 0.5) is 11.5 Å². The van der Waals surface area contributed by atoms with Crippen molar-refractivity contribution >= 4 is 17.4 Å². The van der Waals surface area contributed by atoms with E-state index in [1.54, 1.807) is 19.1 Å². The summed E-state index contributed by atoms with van der Waals surface area (Å²) in [7, 11) is 0. The second-order valence-electron chi connectivity index (χ2n) is 3.23. The lowest BCUT2D eigenvalue weighted by molar-refractivity contribution is 0.0987. The molecule has 0 aromatic carbocycles. The zero-order valence-electron chi connectivity index (χ0n) is 8.60. The van der Waals surface area contributed by atoms with E-state index in [4.69, 9.17) is 10.3 Å². The van der Waals surface area contributed by atoms with Crippen LogP contribution in [0.5, 0.6) is 0 Å². The van der Waals surface area contributed by atoms with Crippen molar-refractivity contribution in [2.75, 3.05) is 11.1 Å². The van der Waals surface area contributed by atoms with Crippen molar-refractivity contribution in [2.45, 2.75) is 6.92 Å². The summed E-state index contributed by atoms with van der Waals surface area (Å²) in [6.07, 6.45) is 1.54. The molecule has 0 radical (unpaired) electrons. The van der Waals surface area contributed by atoms with Gasteiger partial charge in [-0.25, -0.2) is 4.98 Å². The van der Waals surface area contributed by atoms with E-state index in [-0.39, 0.29) is 5.76 Å². The van der Waals surface area contributed by atoms with Crippen molar-refractivity contribution in [3.8, 4) is 0 Å². The first-order valence-corrected chi connectivity index (χ1v) is 4.62. The highest BCUT2D eigenvalue weighted by molar-refractivity contribution is 6.03. The lowest BCUT2D eigenvalue weighted by Gasteiger charge is -2.03. The van der Waals surface area contributed by atoms with Gasteiger partial charge in [0.25, 0.3) is 5.91 Å². The number of nitrogens with zero attached hydrogens (tertiary/aromatic N) is 2. The maximum Gasteiger partial charge on any atom is 0.295 e. The number of pyridine rings is 1. The Bertz CT molecular complexity index is 521. The molecule has 0 bridgehead atoms. The molecular weight excluding hydrogens is 208 g/mol. The number of anilines is 2. The predicted molar refractivity (Wildman–Crippen MR) is 57.8 cm³/mol. The summed E-state index contributed by atoms with van der Waals surface area (Å²) >= 11 is 0. The first-order chi connectivity index (χ1) is 7.66. The normalized spacial score (nSPS) is 10.1. The molecule has 0 atom stereocenters. The molecule has 0 spiro atoms. The van der Waals surface area contributed by atoms with Crippen LogP contribution >= 0.6 is 0 Å². The van der Waals surface area contributed by atoms with Gasteiger partial charge in [-0.2, -0.15) is 0 Å². The van der Waals surface area contributed by atoms with Gasteiger partial charge in [0.05, 0.1) is 11.4 Å². The van der Waals surface area contributed by atoms with E-state index in [0.29, 0.717) is 17.2 Å². The smallest absolute Gasteiger partial charge is 0.295 e. The topological polar surface area (TPSA) is 94.0 Å². The predicted octanol–water partition coefficient (Wildman–Crippen LogP) is 1.21. The van der Waals surface area contributed by atoms with Crippen LogP contribution in [0.25, 0.3) is 0 Å². The second-order valence-corrected chi connectivity index (χ2v) is 3.23. The fourth-order valence-corrected chi connectivity index (χ4v) is 1.16. The van der Waals surface area contributed by atoms with Crippen molar-refractivity contribution < 1.29 is 9.32 Å². The average molecular weight is 218 g/mol. The van der Waals surface area contributed by atoms with Gasteiger partial charge in [-0.1, -0.05) is 5.16 Å². The van der Waals surface area contributed by atoms with Crippen molar-refractivity contribution in [3.05, 3.63) is 35.9 Å². The van der Waals surface area contributed by atoms with E-state index in [2.05, 4.69) is 15.5 Å². The van der Waals surface area contributed by atoms with Gasteiger partial charge in [0.2, 0.25) is 5.76 Å². The third-order valence-electron chi connectivity index (χ3n) is 1.92. The highest BCUT2D eigenvalue weighted by Gasteiger charge is 2.13. The molecule has 6 nitrogen and oxygen atoms in total. The van der Waals surface area contributed by atoms with Crippen LogP contribution in [-0.4, -0.2) is 16.0 Å². The number of aryl methyl sites for hydroxylation is 1. The van der Waals surface area contributed by atoms with E-state index in [1.807, 2.05) is 0 Å². The summed E-state index contributed by atoms with van der Waals surface area (Å²) in [5.41, 5.74) is 6.66. The molecule has 6 heteroatoms. The Morgan fingerprint density at radius 2 is 2.38 bits per heavy atom. The first-order valence-electron chi connectivity index (χ1n) is 4.62. The number of aromatic nitrogens is 2. The van der Waals surface area contributed by atoms with Gasteiger partial charge in [0.15, 0.2) is 5.82 Å². The molecule has 0 aliphatic rings. The molecule has 2 aromatic heterocycles. The number of hydrogen-bond acceptors (Lipinski definition) is 5. The van der Waals surface area contributed by atoms with E-state index in [0.717, 1.165) is 0 Å². The standard InChI is InChI=1S/C10H10N4O2/c1-6-5-8(16-14-6)10(15)13-9-7(11)3-2-4-12-9/h2-5H,11H2,1H3,(H,12,13,15). The molecule has 0 saturated heterocycles. The van der Waals surface area contributed by atoms with Crippen molar-refractivity contribution in [1.82, 2.24) is 10.1 Å². The molecule has 0 fully saturated rings. The number of nitrogens with two attached hydrogens (primary N) is 1. The monoisotopic (exact) mass is 218 g/mol. The van der Waals surface area contributed by atoms with Crippen molar-refractivity contribution in [1.29, 1.82) is 0 Å².